The second-order valence-electron chi connectivity index (χ2n) is 6.81. The highest BCUT2D eigenvalue weighted by atomic mass is 32.1. The van der Waals surface area contributed by atoms with Crippen LogP contribution in [0.3, 0.4) is 0 Å². The van der Waals surface area contributed by atoms with Crippen molar-refractivity contribution < 1.29 is 14.6 Å². The zero-order chi connectivity index (χ0) is 17.2. The maximum absolute atomic E-state index is 13.2. The maximum Gasteiger partial charge on any atom is 0.254 e. The molecular formula is C20H23NO3S. The normalized spacial score (nSPS) is 21.2. The molecular weight excluding hydrogens is 334 g/mol. The Balaban J connectivity index is 1.65. The number of nitrogens with zero attached hydrogens (tertiary/aromatic N) is 1. The van der Waals surface area contributed by atoms with E-state index in [4.69, 9.17) is 4.74 Å². The van der Waals surface area contributed by atoms with Gasteiger partial charge in [-0.3, -0.25) is 4.79 Å². The summed E-state index contributed by atoms with van der Waals surface area (Å²) in [6.45, 7) is 2.35. The molecule has 2 aliphatic heterocycles. The molecule has 0 spiro atoms. The van der Waals surface area contributed by atoms with E-state index in [0.29, 0.717) is 11.5 Å². The fourth-order valence-corrected chi connectivity index (χ4v) is 5.14. The summed E-state index contributed by atoms with van der Waals surface area (Å²) in [6.07, 6.45) is 2.95. The van der Waals surface area contributed by atoms with Gasteiger partial charge in [-0.05, 0) is 59.9 Å². The van der Waals surface area contributed by atoms with Crippen LogP contribution >= 0.6 is 11.3 Å². The van der Waals surface area contributed by atoms with Crippen molar-refractivity contribution in [2.45, 2.75) is 31.9 Å². The number of thiophene rings is 1. The minimum Gasteiger partial charge on any atom is -0.392 e. The number of aliphatic hydroxyl groups excluding tert-OH is 1. The van der Waals surface area contributed by atoms with Crippen molar-refractivity contribution in [3.8, 4) is 0 Å². The van der Waals surface area contributed by atoms with E-state index in [-0.39, 0.29) is 18.6 Å². The third kappa shape index (κ3) is 3.24. The number of benzene rings is 1. The van der Waals surface area contributed by atoms with Crippen LogP contribution in [0.15, 0.2) is 35.7 Å². The first-order chi connectivity index (χ1) is 12.3. The van der Waals surface area contributed by atoms with Crippen molar-refractivity contribution in [2.75, 3.05) is 19.8 Å². The van der Waals surface area contributed by atoms with Crippen molar-refractivity contribution in [1.82, 2.24) is 4.90 Å². The molecule has 1 N–H and O–H groups in total. The number of hydrogen-bond donors (Lipinski definition) is 1. The van der Waals surface area contributed by atoms with E-state index in [2.05, 4.69) is 16.3 Å². The topological polar surface area (TPSA) is 49.8 Å². The molecule has 0 saturated carbocycles. The Bertz CT molecular complexity index is 734. The summed E-state index contributed by atoms with van der Waals surface area (Å²) in [5, 5.41) is 11.4. The second kappa shape index (κ2) is 7.28. The van der Waals surface area contributed by atoms with Crippen LogP contribution in [0.5, 0.6) is 0 Å². The number of carbonyl (C=O) groups excluding carboxylic acids is 1. The summed E-state index contributed by atoms with van der Waals surface area (Å²) in [7, 11) is 0. The molecule has 3 heterocycles. The SMILES string of the molecule is O=C(c1ccc(CO)cc1)N1CCc2ccsc2C1C1CCOCC1. The number of ether oxygens (including phenoxy) is 1. The van der Waals surface area contributed by atoms with Gasteiger partial charge >= 0.3 is 0 Å². The van der Waals surface area contributed by atoms with E-state index in [1.807, 2.05) is 24.3 Å². The number of rotatable bonds is 3. The smallest absolute Gasteiger partial charge is 0.254 e. The quantitative estimate of drug-likeness (QED) is 0.916. The molecule has 0 aliphatic carbocycles. The van der Waals surface area contributed by atoms with Gasteiger partial charge in [0.25, 0.3) is 5.91 Å². The number of carbonyl (C=O) groups is 1. The number of hydrogen-bond acceptors (Lipinski definition) is 4. The minimum atomic E-state index is 0.00143. The van der Waals surface area contributed by atoms with Crippen molar-refractivity contribution in [2.24, 2.45) is 5.92 Å². The molecule has 2 aliphatic rings. The van der Waals surface area contributed by atoms with Crippen molar-refractivity contribution in [3.05, 3.63) is 57.3 Å². The Labute approximate surface area is 152 Å². The second-order valence-corrected chi connectivity index (χ2v) is 7.76. The van der Waals surface area contributed by atoms with Gasteiger partial charge in [-0.2, -0.15) is 0 Å². The first-order valence-corrected chi connectivity index (χ1v) is 9.80. The van der Waals surface area contributed by atoms with Crippen molar-refractivity contribution in [1.29, 1.82) is 0 Å². The molecule has 2 aromatic rings. The van der Waals surface area contributed by atoms with Crippen molar-refractivity contribution >= 4 is 17.2 Å². The molecule has 5 heteroatoms. The molecule has 0 radical (unpaired) electrons. The zero-order valence-corrected chi connectivity index (χ0v) is 15.0. The van der Waals surface area contributed by atoms with Gasteiger partial charge in [0.2, 0.25) is 0 Å². The van der Waals surface area contributed by atoms with E-state index < -0.39 is 0 Å². The third-order valence-corrected chi connectivity index (χ3v) is 6.39. The molecule has 4 rings (SSSR count). The van der Waals surface area contributed by atoms with E-state index in [1.54, 1.807) is 11.3 Å². The first-order valence-electron chi connectivity index (χ1n) is 8.92. The van der Waals surface area contributed by atoms with Crippen molar-refractivity contribution in [3.63, 3.8) is 0 Å². The standard InChI is InChI=1S/C20H23NO3S/c22-13-14-1-3-17(4-2-14)20(23)21-9-5-16-8-12-25-19(16)18(21)15-6-10-24-11-7-15/h1-4,8,12,15,18,22H,5-7,9-11,13H2. The Morgan fingerprint density at radius 1 is 1.20 bits per heavy atom. The third-order valence-electron chi connectivity index (χ3n) is 5.36. The van der Waals surface area contributed by atoms with Gasteiger partial charge in [0, 0.05) is 30.2 Å². The van der Waals surface area contributed by atoms with Gasteiger partial charge in [0.05, 0.1) is 12.6 Å². The molecule has 1 aromatic heterocycles. The number of aliphatic hydroxyl groups is 1. The molecule has 1 atom stereocenters. The highest BCUT2D eigenvalue weighted by Gasteiger charge is 2.38. The van der Waals surface area contributed by atoms with Gasteiger partial charge < -0.3 is 14.7 Å². The lowest BCUT2D eigenvalue weighted by Crippen LogP contribution is -2.43. The van der Waals surface area contributed by atoms with Gasteiger partial charge in [-0.25, -0.2) is 0 Å². The Hall–Kier alpha value is -1.69. The molecule has 4 nitrogen and oxygen atoms in total. The summed E-state index contributed by atoms with van der Waals surface area (Å²) >= 11 is 1.78. The molecule has 132 valence electrons. The monoisotopic (exact) mass is 357 g/mol. The molecule has 1 saturated heterocycles. The number of fused-ring (bicyclic) bond motifs is 1. The molecule has 25 heavy (non-hydrogen) atoms. The van der Waals surface area contributed by atoms with Crippen LogP contribution < -0.4 is 0 Å². The summed E-state index contributed by atoms with van der Waals surface area (Å²) in [5.41, 5.74) is 2.94. The molecule has 1 aromatic carbocycles. The van der Waals surface area contributed by atoms with E-state index in [0.717, 1.165) is 44.6 Å². The van der Waals surface area contributed by atoms with E-state index >= 15 is 0 Å². The largest absolute Gasteiger partial charge is 0.392 e. The Morgan fingerprint density at radius 2 is 1.96 bits per heavy atom. The molecule has 1 amide bonds. The fraction of sp³-hybridized carbons (Fsp3) is 0.450. The summed E-state index contributed by atoms with van der Waals surface area (Å²) in [4.78, 5) is 16.7. The Kier molecular flexibility index (Phi) is 4.88. The lowest BCUT2D eigenvalue weighted by atomic mass is 9.85. The van der Waals surface area contributed by atoms with Crippen LogP contribution in [-0.2, 0) is 17.8 Å². The summed E-state index contributed by atoms with van der Waals surface area (Å²) in [6, 6.07) is 9.70. The lowest BCUT2D eigenvalue weighted by molar-refractivity contribution is 0.0206. The lowest BCUT2D eigenvalue weighted by Gasteiger charge is -2.41. The van der Waals surface area contributed by atoms with Gasteiger partial charge in [-0.15, -0.1) is 11.3 Å². The highest BCUT2D eigenvalue weighted by Crippen LogP contribution is 2.42. The summed E-state index contributed by atoms with van der Waals surface area (Å²) in [5.74, 6) is 0.562. The van der Waals surface area contributed by atoms with Gasteiger partial charge in [0.15, 0.2) is 0 Å². The predicted molar refractivity (Wildman–Crippen MR) is 97.7 cm³/mol. The van der Waals surface area contributed by atoms with Crippen LogP contribution in [0.25, 0.3) is 0 Å². The molecule has 1 fully saturated rings. The van der Waals surface area contributed by atoms with Gasteiger partial charge in [-0.1, -0.05) is 12.1 Å². The van der Waals surface area contributed by atoms with Gasteiger partial charge in [0.1, 0.15) is 0 Å². The van der Waals surface area contributed by atoms with E-state index in [1.165, 1.54) is 10.4 Å². The van der Waals surface area contributed by atoms with Crippen LogP contribution in [-0.4, -0.2) is 35.7 Å². The fourth-order valence-electron chi connectivity index (χ4n) is 3.98. The number of amides is 1. The first kappa shape index (κ1) is 16.8. The predicted octanol–water partition coefficient (Wildman–Crippen LogP) is 3.41. The average Bonchev–Trinajstić information content (AvgIpc) is 3.16. The minimum absolute atomic E-state index is 0.00143. The van der Waals surface area contributed by atoms with Crippen LogP contribution in [0.2, 0.25) is 0 Å². The van der Waals surface area contributed by atoms with Crippen LogP contribution in [0, 0.1) is 5.92 Å². The van der Waals surface area contributed by atoms with Crippen LogP contribution in [0.1, 0.15) is 45.2 Å². The highest BCUT2D eigenvalue weighted by molar-refractivity contribution is 7.10. The molecule has 1 unspecified atom stereocenters. The Morgan fingerprint density at radius 3 is 2.68 bits per heavy atom. The molecule has 0 bridgehead atoms. The summed E-state index contributed by atoms with van der Waals surface area (Å²) < 4.78 is 5.54. The average molecular weight is 357 g/mol. The van der Waals surface area contributed by atoms with Crippen LogP contribution in [0.4, 0.5) is 0 Å². The van der Waals surface area contributed by atoms with E-state index in [9.17, 15) is 9.90 Å². The maximum atomic E-state index is 13.2. The zero-order valence-electron chi connectivity index (χ0n) is 14.2.